The van der Waals surface area contributed by atoms with E-state index in [1.165, 1.54) is 0 Å². The van der Waals surface area contributed by atoms with Crippen molar-refractivity contribution in [2.24, 2.45) is 5.92 Å². The highest BCUT2D eigenvalue weighted by molar-refractivity contribution is 6.44. The van der Waals surface area contributed by atoms with Crippen molar-refractivity contribution in [2.75, 3.05) is 39.4 Å². The molecule has 0 aliphatic carbocycles. The molecule has 2 fully saturated rings. The number of rotatable bonds is 3. The molecule has 3 heterocycles. The van der Waals surface area contributed by atoms with Gasteiger partial charge in [-0.3, -0.25) is 9.59 Å². The third kappa shape index (κ3) is 4.46. The average molecular weight is 426 g/mol. The van der Waals surface area contributed by atoms with E-state index in [9.17, 15) is 9.59 Å². The van der Waals surface area contributed by atoms with Crippen LogP contribution in [-0.4, -0.2) is 67.1 Å². The van der Waals surface area contributed by atoms with Crippen LogP contribution in [0.5, 0.6) is 0 Å². The zero-order valence-electron chi connectivity index (χ0n) is 14.4. The normalized spacial score (nSPS) is 23.3. The van der Waals surface area contributed by atoms with Gasteiger partial charge in [-0.1, -0.05) is 23.2 Å². The van der Waals surface area contributed by atoms with Gasteiger partial charge in [-0.25, -0.2) is 0 Å². The van der Waals surface area contributed by atoms with Crippen LogP contribution in [0.2, 0.25) is 10.0 Å². The molecule has 26 heavy (non-hydrogen) atoms. The first-order valence-electron chi connectivity index (χ1n) is 8.40. The van der Waals surface area contributed by atoms with Crippen LogP contribution in [-0.2, 0) is 9.53 Å². The molecule has 3 N–H and O–H groups in total. The third-order valence-electron chi connectivity index (χ3n) is 4.72. The molecule has 1 aromatic heterocycles. The summed E-state index contributed by atoms with van der Waals surface area (Å²) in [6, 6.07) is -0.248. The van der Waals surface area contributed by atoms with Gasteiger partial charge in [0.05, 0.1) is 29.2 Å². The summed E-state index contributed by atoms with van der Waals surface area (Å²) in [5.41, 5.74) is 0.878. The molecule has 0 saturated carbocycles. The topological polar surface area (TPSA) is 86.5 Å². The highest BCUT2D eigenvalue weighted by atomic mass is 35.5. The maximum absolute atomic E-state index is 12.8. The molecule has 0 unspecified atom stereocenters. The van der Waals surface area contributed by atoms with Crippen LogP contribution in [0.1, 0.15) is 22.6 Å². The van der Waals surface area contributed by atoms with Crippen LogP contribution in [0.3, 0.4) is 0 Å². The van der Waals surface area contributed by atoms with E-state index >= 15 is 0 Å². The van der Waals surface area contributed by atoms with E-state index < -0.39 is 0 Å². The molecular weight excluding hydrogens is 403 g/mol. The lowest BCUT2D eigenvalue weighted by Gasteiger charge is -2.36. The zero-order chi connectivity index (χ0) is 18.0. The maximum atomic E-state index is 12.8. The van der Waals surface area contributed by atoms with Gasteiger partial charge in [0, 0.05) is 31.4 Å². The van der Waals surface area contributed by atoms with E-state index in [1.807, 2.05) is 4.90 Å². The van der Waals surface area contributed by atoms with Gasteiger partial charge in [0.2, 0.25) is 5.91 Å². The number of nitrogens with zero attached hydrogens (tertiary/aromatic N) is 1. The summed E-state index contributed by atoms with van der Waals surface area (Å²) in [5.74, 6) is -0.597. The number of hydrogen-bond acceptors (Lipinski definition) is 4. The molecular formula is C16H23Cl3N4O3. The number of carbonyl (C=O) groups is 2. The van der Waals surface area contributed by atoms with Crippen molar-refractivity contribution < 1.29 is 14.3 Å². The first-order chi connectivity index (χ1) is 12.0. The third-order valence-corrected chi connectivity index (χ3v) is 5.67. The Labute approximate surface area is 168 Å². The number of hydrogen-bond donors (Lipinski definition) is 3. The molecule has 2 aliphatic heterocycles. The molecule has 0 bridgehead atoms. The second kappa shape index (κ2) is 9.28. The number of aromatic amines is 1. The van der Waals surface area contributed by atoms with E-state index in [1.54, 1.807) is 6.92 Å². The van der Waals surface area contributed by atoms with Crippen molar-refractivity contribution in [3.05, 3.63) is 21.4 Å². The Morgan fingerprint density at radius 2 is 1.92 bits per heavy atom. The van der Waals surface area contributed by atoms with E-state index in [-0.39, 0.29) is 46.9 Å². The van der Waals surface area contributed by atoms with Crippen molar-refractivity contribution >= 4 is 47.4 Å². The molecule has 2 atom stereocenters. The lowest BCUT2D eigenvalue weighted by molar-refractivity contribution is -0.140. The van der Waals surface area contributed by atoms with Crippen molar-refractivity contribution in [2.45, 2.75) is 19.4 Å². The number of nitrogens with one attached hydrogen (secondary N) is 3. The minimum Gasteiger partial charge on any atom is -0.378 e. The Kier molecular flexibility index (Phi) is 7.61. The van der Waals surface area contributed by atoms with Crippen molar-refractivity contribution in [1.29, 1.82) is 0 Å². The van der Waals surface area contributed by atoms with Crippen LogP contribution in [0.25, 0.3) is 0 Å². The fourth-order valence-corrected chi connectivity index (χ4v) is 3.69. The SMILES string of the molecule is Cc1[nH]c(C(=O)N[C@@H]2CCNC[C@@H]2C(=O)N2CCOCC2)c(Cl)c1Cl.Cl. The summed E-state index contributed by atoms with van der Waals surface area (Å²) in [4.78, 5) is 30.1. The minimum absolute atomic E-state index is 0. The molecule has 146 valence electrons. The molecule has 0 radical (unpaired) electrons. The quantitative estimate of drug-likeness (QED) is 0.687. The number of ether oxygens (including phenoxy) is 1. The van der Waals surface area contributed by atoms with E-state index in [0.717, 1.165) is 6.54 Å². The summed E-state index contributed by atoms with van der Waals surface area (Å²) in [7, 11) is 0. The van der Waals surface area contributed by atoms with Gasteiger partial charge >= 0.3 is 0 Å². The predicted molar refractivity (Wildman–Crippen MR) is 102 cm³/mol. The predicted octanol–water partition coefficient (Wildman–Crippen LogP) is 1.62. The molecule has 10 heteroatoms. The van der Waals surface area contributed by atoms with Crippen molar-refractivity contribution in [3.8, 4) is 0 Å². The molecule has 1 aromatic rings. The first kappa shape index (κ1) is 21.3. The van der Waals surface area contributed by atoms with Crippen molar-refractivity contribution in [3.63, 3.8) is 0 Å². The summed E-state index contributed by atoms with van der Waals surface area (Å²) < 4.78 is 5.30. The Hall–Kier alpha value is -0.990. The monoisotopic (exact) mass is 424 g/mol. The van der Waals surface area contributed by atoms with Gasteiger partial charge in [-0.15, -0.1) is 12.4 Å². The van der Waals surface area contributed by atoms with Crippen LogP contribution in [0, 0.1) is 12.8 Å². The fraction of sp³-hybridized carbons (Fsp3) is 0.625. The Balaban J connectivity index is 0.00000243. The number of morpholine rings is 1. The highest BCUT2D eigenvalue weighted by Gasteiger charge is 2.35. The maximum Gasteiger partial charge on any atom is 0.269 e. The summed E-state index contributed by atoms with van der Waals surface area (Å²) >= 11 is 12.2. The van der Waals surface area contributed by atoms with Gasteiger partial charge < -0.3 is 25.3 Å². The molecule has 0 spiro atoms. The van der Waals surface area contributed by atoms with Gasteiger partial charge in [0.1, 0.15) is 5.69 Å². The Morgan fingerprint density at radius 1 is 1.23 bits per heavy atom. The number of H-pyrrole nitrogens is 1. The van der Waals surface area contributed by atoms with Gasteiger partial charge in [-0.05, 0) is 19.9 Å². The number of amides is 2. The summed E-state index contributed by atoms with van der Waals surface area (Å²) in [5, 5.41) is 6.75. The summed E-state index contributed by atoms with van der Waals surface area (Å²) in [6.45, 7) is 5.33. The van der Waals surface area contributed by atoms with E-state index in [4.69, 9.17) is 27.9 Å². The highest BCUT2D eigenvalue weighted by Crippen LogP contribution is 2.29. The standard InChI is InChI=1S/C16H22Cl2N4O3.ClH/c1-9-12(17)13(18)14(20-9)15(23)21-11-2-3-19-8-10(11)16(24)22-4-6-25-7-5-22;/h10-11,19-20H,2-8H2,1H3,(H,21,23);1H/t10-,11+;/m0./s1. The first-order valence-corrected chi connectivity index (χ1v) is 9.16. The smallest absolute Gasteiger partial charge is 0.269 e. The molecule has 2 amide bonds. The number of halogens is 3. The largest absolute Gasteiger partial charge is 0.378 e. The van der Waals surface area contributed by atoms with Gasteiger partial charge in [0.25, 0.3) is 5.91 Å². The van der Waals surface area contributed by atoms with E-state index in [2.05, 4.69) is 15.6 Å². The van der Waals surface area contributed by atoms with E-state index in [0.29, 0.717) is 50.0 Å². The van der Waals surface area contributed by atoms with Crippen LogP contribution in [0.4, 0.5) is 0 Å². The van der Waals surface area contributed by atoms with Crippen LogP contribution >= 0.6 is 35.6 Å². The van der Waals surface area contributed by atoms with Gasteiger partial charge in [-0.2, -0.15) is 0 Å². The number of carbonyl (C=O) groups excluding carboxylic acids is 2. The Morgan fingerprint density at radius 3 is 2.54 bits per heavy atom. The minimum atomic E-state index is -0.341. The molecule has 3 rings (SSSR count). The van der Waals surface area contributed by atoms with Crippen molar-refractivity contribution in [1.82, 2.24) is 20.5 Å². The Bertz CT molecular complexity index is 661. The second-order valence-electron chi connectivity index (χ2n) is 6.37. The molecule has 7 nitrogen and oxygen atoms in total. The molecule has 2 saturated heterocycles. The van der Waals surface area contributed by atoms with Crippen LogP contribution < -0.4 is 10.6 Å². The number of piperidine rings is 1. The zero-order valence-corrected chi connectivity index (χ0v) is 16.8. The van der Waals surface area contributed by atoms with Gasteiger partial charge in [0.15, 0.2) is 0 Å². The lowest BCUT2D eigenvalue weighted by Crippen LogP contribution is -2.56. The van der Waals surface area contributed by atoms with Crippen LogP contribution in [0.15, 0.2) is 0 Å². The number of aryl methyl sites for hydroxylation is 1. The summed E-state index contributed by atoms with van der Waals surface area (Å²) in [6.07, 6.45) is 0.678. The fourth-order valence-electron chi connectivity index (χ4n) is 3.28. The molecule has 2 aliphatic rings. The number of aromatic nitrogens is 1. The average Bonchev–Trinajstić information content (AvgIpc) is 2.90. The lowest BCUT2D eigenvalue weighted by atomic mass is 9.91. The molecule has 0 aromatic carbocycles. The second-order valence-corrected chi connectivity index (χ2v) is 7.13.